The van der Waals surface area contributed by atoms with Crippen molar-refractivity contribution in [2.24, 2.45) is 5.92 Å². The number of hydrogen-bond acceptors (Lipinski definition) is 1. The van der Waals surface area contributed by atoms with Gasteiger partial charge in [0.2, 0.25) is 0 Å². The van der Waals surface area contributed by atoms with E-state index in [1.54, 1.807) is 6.92 Å². The molecule has 0 N–H and O–H groups in total. The molecule has 2 atom stereocenters. The molecule has 1 aliphatic carbocycles. The second-order valence-electron chi connectivity index (χ2n) is 6.98. The highest BCUT2D eigenvalue weighted by molar-refractivity contribution is 5.79. The Morgan fingerprint density at radius 1 is 1.05 bits per heavy atom. The third kappa shape index (κ3) is 3.26. The van der Waals surface area contributed by atoms with Gasteiger partial charge in [-0.25, -0.2) is 0 Å². The lowest BCUT2D eigenvalue weighted by atomic mass is 9.73. The lowest BCUT2D eigenvalue weighted by molar-refractivity contribution is -0.122. The van der Waals surface area contributed by atoms with E-state index < -0.39 is 0 Å². The summed E-state index contributed by atoms with van der Waals surface area (Å²) in [7, 11) is 0. The van der Waals surface area contributed by atoms with Crippen LogP contribution in [0.25, 0.3) is 0 Å². The van der Waals surface area contributed by atoms with E-state index in [2.05, 4.69) is 45.0 Å². The molecule has 2 rings (SSSR count). The number of ketones is 1. The summed E-state index contributed by atoms with van der Waals surface area (Å²) >= 11 is 0. The first kappa shape index (κ1) is 14.3. The fraction of sp³-hybridized carbons (Fsp3) is 0.611. The maximum absolute atomic E-state index is 11.8. The van der Waals surface area contributed by atoms with Crippen molar-refractivity contribution in [3.8, 4) is 0 Å². The van der Waals surface area contributed by atoms with E-state index in [1.165, 1.54) is 30.4 Å². The van der Waals surface area contributed by atoms with Crippen LogP contribution in [0, 0.1) is 5.92 Å². The Morgan fingerprint density at radius 2 is 1.63 bits per heavy atom. The molecule has 1 aromatic rings. The van der Waals surface area contributed by atoms with E-state index in [0.717, 1.165) is 6.42 Å². The molecule has 1 heteroatoms. The number of carbonyl (C=O) groups excluding carboxylic acids is 1. The van der Waals surface area contributed by atoms with Gasteiger partial charge in [0.15, 0.2) is 0 Å². The van der Waals surface area contributed by atoms with Crippen molar-refractivity contribution in [3.63, 3.8) is 0 Å². The van der Waals surface area contributed by atoms with Crippen molar-refractivity contribution >= 4 is 5.78 Å². The molecule has 1 fully saturated rings. The normalized spacial score (nSPS) is 24.2. The Bertz CT molecular complexity index is 436. The number of rotatable bonds is 2. The van der Waals surface area contributed by atoms with Crippen LogP contribution in [0.4, 0.5) is 0 Å². The lowest BCUT2D eigenvalue weighted by Crippen LogP contribution is -2.24. The summed E-state index contributed by atoms with van der Waals surface area (Å²) in [5.41, 5.74) is 2.92. The SMILES string of the molecule is CC(=O)C1CCCCC1c1ccc(C(C)(C)C)cc1. The Balaban J connectivity index is 2.23. The van der Waals surface area contributed by atoms with Gasteiger partial charge in [-0.3, -0.25) is 4.79 Å². The molecule has 0 aliphatic heterocycles. The highest BCUT2D eigenvalue weighted by Gasteiger charge is 2.29. The molecular weight excluding hydrogens is 232 g/mol. The zero-order chi connectivity index (χ0) is 14.0. The summed E-state index contributed by atoms with van der Waals surface area (Å²) in [6.45, 7) is 8.47. The molecule has 1 aromatic carbocycles. The summed E-state index contributed by atoms with van der Waals surface area (Å²) < 4.78 is 0. The largest absolute Gasteiger partial charge is 0.300 e. The summed E-state index contributed by atoms with van der Waals surface area (Å²) in [6.07, 6.45) is 4.70. The molecule has 0 spiro atoms. The molecule has 0 saturated heterocycles. The van der Waals surface area contributed by atoms with E-state index >= 15 is 0 Å². The number of hydrogen-bond donors (Lipinski definition) is 0. The van der Waals surface area contributed by atoms with E-state index in [9.17, 15) is 4.79 Å². The topological polar surface area (TPSA) is 17.1 Å². The average molecular weight is 258 g/mol. The third-order valence-corrected chi connectivity index (χ3v) is 4.49. The van der Waals surface area contributed by atoms with Gasteiger partial charge in [-0.1, -0.05) is 57.9 Å². The summed E-state index contributed by atoms with van der Waals surface area (Å²) in [5.74, 6) is 1.05. The molecular formula is C18H26O. The van der Waals surface area contributed by atoms with E-state index in [1.807, 2.05) is 0 Å². The lowest BCUT2D eigenvalue weighted by Gasteiger charge is -2.30. The van der Waals surface area contributed by atoms with Crippen LogP contribution in [-0.4, -0.2) is 5.78 Å². The zero-order valence-corrected chi connectivity index (χ0v) is 12.7. The van der Waals surface area contributed by atoms with Gasteiger partial charge in [0.1, 0.15) is 5.78 Å². The number of benzene rings is 1. The fourth-order valence-corrected chi connectivity index (χ4v) is 3.25. The second kappa shape index (κ2) is 5.48. The molecule has 1 nitrogen and oxygen atoms in total. The van der Waals surface area contributed by atoms with Gasteiger partial charge in [-0.15, -0.1) is 0 Å². The van der Waals surface area contributed by atoms with Crippen molar-refractivity contribution in [3.05, 3.63) is 35.4 Å². The van der Waals surface area contributed by atoms with Crippen LogP contribution in [0.1, 0.15) is 70.4 Å². The standard InChI is InChI=1S/C18H26O/c1-13(19)16-7-5-6-8-17(16)14-9-11-15(12-10-14)18(2,3)4/h9-12,16-17H,5-8H2,1-4H3. The molecule has 0 radical (unpaired) electrons. The van der Waals surface area contributed by atoms with Gasteiger partial charge in [0.05, 0.1) is 0 Å². The molecule has 0 amide bonds. The van der Waals surface area contributed by atoms with Crippen molar-refractivity contribution in [2.45, 2.75) is 64.7 Å². The average Bonchev–Trinajstić information content (AvgIpc) is 2.38. The Hall–Kier alpha value is -1.11. The van der Waals surface area contributed by atoms with Gasteiger partial charge in [-0.2, -0.15) is 0 Å². The van der Waals surface area contributed by atoms with Gasteiger partial charge in [-0.05, 0) is 42.2 Å². The molecule has 0 heterocycles. The quantitative estimate of drug-likeness (QED) is 0.741. The van der Waals surface area contributed by atoms with Crippen molar-refractivity contribution in [2.75, 3.05) is 0 Å². The predicted octanol–water partition coefficient (Wildman–Crippen LogP) is 4.85. The van der Waals surface area contributed by atoms with Gasteiger partial charge < -0.3 is 0 Å². The Labute approximate surface area is 117 Å². The van der Waals surface area contributed by atoms with Crippen LogP contribution in [-0.2, 0) is 10.2 Å². The zero-order valence-electron chi connectivity index (χ0n) is 12.7. The Morgan fingerprint density at radius 3 is 2.16 bits per heavy atom. The first-order valence-electron chi connectivity index (χ1n) is 7.50. The van der Waals surface area contributed by atoms with Crippen molar-refractivity contribution < 1.29 is 4.79 Å². The van der Waals surface area contributed by atoms with E-state index in [-0.39, 0.29) is 11.3 Å². The Kier molecular flexibility index (Phi) is 4.13. The van der Waals surface area contributed by atoms with Crippen LogP contribution in [0.2, 0.25) is 0 Å². The minimum atomic E-state index is 0.199. The van der Waals surface area contributed by atoms with Crippen molar-refractivity contribution in [1.82, 2.24) is 0 Å². The van der Waals surface area contributed by atoms with Crippen LogP contribution >= 0.6 is 0 Å². The van der Waals surface area contributed by atoms with Crippen molar-refractivity contribution in [1.29, 1.82) is 0 Å². The number of carbonyl (C=O) groups is 1. The maximum atomic E-state index is 11.8. The second-order valence-corrected chi connectivity index (χ2v) is 6.98. The predicted molar refractivity (Wildman–Crippen MR) is 80.5 cm³/mol. The fourth-order valence-electron chi connectivity index (χ4n) is 3.25. The molecule has 104 valence electrons. The summed E-state index contributed by atoms with van der Waals surface area (Å²) in [6, 6.07) is 8.96. The molecule has 1 saturated carbocycles. The van der Waals surface area contributed by atoms with Crippen LogP contribution < -0.4 is 0 Å². The maximum Gasteiger partial charge on any atom is 0.133 e. The highest BCUT2D eigenvalue weighted by atomic mass is 16.1. The van der Waals surface area contributed by atoms with E-state index in [0.29, 0.717) is 11.7 Å². The summed E-state index contributed by atoms with van der Waals surface area (Å²) in [4.78, 5) is 11.8. The van der Waals surface area contributed by atoms with Crippen LogP contribution in [0.15, 0.2) is 24.3 Å². The van der Waals surface area contributed by atoms with Gasteiger partial charge >= 0.3 is 0 Å². The first-order valence-corrected chi connectivity index (χ1v) is 7.50. The van der Waals surface area contributed by atoms with Gasteiger partial charge in [0.25, 0.3) is 0 Å². The van der Waals surface area contributed by atoms with Crippen LogP contribution in [0.5, 0.6) is 0 Å². The van der Waals surface area contributed by atoms with E-state index in [4.69, 9.17) is 0 Å². The minimum absolute atomic E-state index is 0.199. The molecule has 19 heavy (non-hydrogen) atoms. The minimum Gasteiger partial charge on any atom is -0.300 e. The molecule has 0 aromatic heterocycles. The smallest absolute Gasteiger partial charge is 0.133 e. The molecule has 0 bridgehead atoms. The molecule has 2 unspecified atom stereocenters. The summed E-state index contributed by atoms with van der Waals surface area (Å²) in [5, 5.41) is 0. The third-order valence-electron chi connectivity index (χ3n) is 4.49. The number of Topliss-reactive ketones (excluding diaryl/α,β-unsaturated/α-hetero) is 1. The van der Waals surface area contributed by atoms with Crippen LogP contribution in [0.3, 0.4) is 0 Å². The monoisotopic (exact) mass is 258 g/mol. The first-order chi connectivity index (χ1) is 8.89. The highest BCUT2D eigenvalue weighted by Crippen LogP contribution is 2.38. The molecule has 1 aliphatic rings. The van der Waals surface area contributed by atoms with Gasteiger partial charge in [0, 0.05) is 5.92 Å².